The number of fused-ring (bicyclic) bond motifs is 2. The Bertz CT molecular complexity index is 354. The quantitative estimate of drug-likeness (QED) is 0.703. The Morgan fingerprint density at radius 2 is 1.28 bits per heavy atom. The Balaban J connectivity index is 1.87. The number of nitrogens with zero attached hydrogens (tertiary/aromatic N) is 2. The minimum absolute atomic E-state index is 0.117. The summed E-state index contributed by atoms with van der Waals surface area (Å²) in [4.78, 5) is 4.90. The van der Waals surface area contributed by atoms with E-state index in [4.69, 9.17) is 0 Å². The van der Waals surface area contributed by atoms with Crippen LogP contribution in [0.2, 0.25) is 0 Å². The zero-order valence-electron chi connectivity index (χ0n) is 11.3. The van der Waals surface area contributed by atoms with Gasteiger partial charge in [-0.2, -0.15) is 0 Å². The Hall–Kier alpha value is -0.160. The first-order chi connectivity index (χ1) is 8.59. The van der Waals surface area contributed by atoms with Gasteiger partial charge in [-0.25, -0.2) is 0 Å². The fourth-order valence-electron chi connectivity index (χ4n) is 6.25. The van der Waals surface area contributed by atoms with Crippen molar-refractivity contribution in [2.75, 3.05) is 40.4 Å². The first-order valence-electron chi connectivity index (χ1n) is 7.21. The van der Waals surface area contributed by atoms with Crippen LogP contribution in [-0.4, -0.2) is 72.5 Å². The normalized spacial score (nSPS) is 58.7. The van der Waals surface area contributed by atoms with Gasteiger partial charge in [-0.1, -0.05) is 0 Å². The molecule has 0 unspecified atom stereocenters. The number of aliphatic hydroxyl groups excluding tert-OH is 2. The lowest BCUT2D eigenvalue weighted by molar-refractivity contribution is -0.302. The van der Waals surface area contributed by atoms with Gasteiger partial charge >= 0.3 is 0 Å². The number of hydrogen-bond donors (Lipinski definition) is 2. The summed E-state index contributed by atoms with van der Waals surface area (Å²) in [6.07, 6.45) is 2.16. The van der Waals surface area contributed by atoms with Crippen LogP contribution in [0.3, 0.4) is 0 Å². The van der Waals surface area contributed by atoms with Crippen molar-refractivity contribution in [3.8, 4) is 0 Å². The molecule has 6 atom stereocenters. The molecule has 18 heavy (non-hydrogen) atoms. The second-order valence-electron chi connectivity index (χ2n) is 7.31. The van der Waals surface area contributed by atoms with Crippen LogP contribution in [0.4, 0.5) is 0 Å². The van der Waals surface area contributed by atoms with E-state index < -0.39 is 0 Å². The molecule has 0 aromatic carbocycles. The lowest BCUT2D eigenvalue weighted by Gasteiger charge is -2.78. The summed E-state index contributed by atoms with van der Waals surface area (Å²) in [5, 5.41) is 20.1. The van der Waals surface area contributed by atoms with E-state index in [-0.39, 0.29) is 10.8 Å². The van der Waals surface area contributed by atoms with Crippen molar-refractivity contribution in [2.45, 2.75) is 24.9 Å². The summed E-state index contributed by atoms with van der Waals surface area (Å²) >= 11 is 0. The van der Waals surface area contributed by atoms with Crippen molar-refractivity contribution in [1.29, 1.82) is 0 Å². The summed E-state index contributed by atoms with van der Waals surface area (Å²) in [6.45, 7) is 2.88. The van der Waals surface area contributed by atoms with Gasteiger partial charge in [-0.15, -0.1) is 0 Å². The van der Waals surface area contributed by atoms with Crippen molar-refractivity contribution in [3.63, 3.8) is 0 Å². The van der Waals surface area contributed by atoms with E-state index in [9.17, 15) is 10.2 Å². The Kier molecular flexibility index (Phi) is 2.13. The van der Waals surface area contributed by atoms with Crippen molar-refractivity contribution >= 4 is 0 Å². The zero-order chi connectivity index (χ0) is 12.7. The van der Waals surface area contributed by atoms with Crippen LogP contribution < -0.4 is 0 Å². The maximum Gasteiger partial charge on any atom is 0.0506 e. The van der Waals surface area contributed by atoms with Crippen molar-refractivity contribution in [1.82, 2.24) is 9.80 Å². The molecule has 0 radical (unpaired) electrons. The highest BCUT2D eigenvalue weighted by atomic mass is 16.3. The molecule has 7 fully saturated rings. The van der Waals surface area contributed by atoms with Gasteiger partial charge in [0.2, 0.25) is 0 Å². The second-order valence-corrected chi connectivity index (χ2v) is 7.31. The summed E-state index contributed by atoms with van der Waals surface area (Å²) in [5.41, 5.74) is 0.234. The second kappa shape index (κ2) is 3.29. The van der Waals surface area contributed by atoms with Crippen molar-refractivity contribution in [3.05, 3.63) is 0 Å². The predicted octanol–water partition coefficient (Wildman–Crippen LogP) is -0.388. The molecule has 0 aromatic rings. The number of rotatable bonds is 2. The molecule has 102 valence electrons. The predicted molar refractivity (Wildman–Crippen MR) is 68.1 cm³/mol. The largest absolute Gasteiger partial charge is 0.396 e. The smallest absolute Gasteiger partial charge is 0.0506 e. The number of hydrogen-bond acceptors (Lipinski definition) is 4. The van der Waals surface area contributed by atoms with Gasteiger partial charge in [0.15, 0.2) is 0 Å². The molecule has 0 aromatic heterocycles. The van der Waals surface area contributed by atoms with Crippen LogP contribution in [0.5, 0.6) is 0 Å². The first-order valence-corrected chi connectivity index (χ1v) is 7.21. The molecule has 6 bridgehead atoms. The first kappa shape index (κ1) is 11.6. The molecule has 4 aliphatic heterocycles. The molecule has 3 aliphatic carbocycles. The van der Waals surface area contributed by atoms with E-state index in [0.717, 1.165) is 25.9 Å². The Labute approximate surface area is 109 Å². The van der Waals surface area contributed by atoms with Crippen LogP contribution in [0.25, 0.3) is 0 Å². The molecule has 2 N–H and O–H groups in total. The fraction of sp³-hybridized carbons (Fsp3) is 1.00. The Morgan fingerprint density at radius 1 is 0.889 bits per heavy atom. The van der Waals surface area contributed by atoms with Crippen molar-refractivity contribution < 1.29 is 10.2 Å². The zero-order valence-corrected chi connectivity index (χ0v) is 11.3. The maximum atomic E-state index is 10.1. The molecule has 4 heteroatoms. The topological polar surface area (TPSA) is 46.9 Å². The van der Waals surface area contributed by atoms with E-state index >= 15 is 0 Å². The van der Waals surface area contributed by atoms with Crippen LogP contribution >= 0.6 is 0 Å². The van der Waals surface area contributed by atoms with E-state index in [1.807, 2.05) is 0 Å². The van der Waals surface area contributed by atoms with Crippen LogP contribution in [0.1, 0.15) is 12.8 Å². The van der Waals surface area contributed by atoms with Gasteiger partial charge in [-0.3, -0.25) is 0 Å². The summed E-state index contributed by atoms with van der Waals surface area (Å²) < 4.78 is 0. The van der Waals surface area contributed by atoms with Crippen LogP contribution in [0, 0.1) is 22.7 Å². The maximum absolute atomic E-state index is 10.1. The third-order valence-electron chi connectivity index (χ3n) is 7.06. The van der Waals surface area contributed by atoms with E-state index in [1.54, 1.807) is 0 Å². The molecule has 4 saturated heterocycles. The summed E-state index contributed by atoms with van der Waals surface area (Å²) in [6, 6.07) is 0.962. The average molecular weight is 252 g/mol. The molecular formula is C14H24N2O2. The molecule has 3 saturated carbocycles. The van der Waals surface area contributed by atoms with Gasteiger partial charge in [0, 0.05) is 36.0 Å². The number of aliphatic hydroxyl groups is 2. The molecule has 0 amide bonds. The van der Waals surface area contributed by atoms with Gasteiger partial charge < -0.3 is 20.0 Å². The van der Waals surface area contributed by atoms with Gasteiger partial charge in [0.1, 0.15) is 0 Å². The lowest BCUT2D eigenvalue weighted by Crippen LogP contribution is -2.83. The molecule has 7 rings (SSSR count). The van der Waals surface area contributed by atoms with E-state index in [2.05, 4.69) is 23.9 Å². The molecular weight excluding hydrogens is 228 g/mol. The molecule has 4 heterocycles. The highest BCUT2D eigenvalue weighted by Crippen LogP contribution is 2.69. The SMILES string of the molecule is CN1C[C@H]2[C@H]3CN(C)[C@@H]4C[C@@]3(CO)[C@@H]1C[C@@]24CO. The minimum Gasteiger partial charge on any atom is -0.396 e. The molecule has 4 nitrogen and oxygen atoms in total. The average Bonchev–Trinajstić information content (AvgIpc) is 2.40. The fourth-order valence-corrected chi connectivity index (χ4v) is 6.25. The minimum atomic E-state index is 0.117. The van der Waals surface area contributed by atoms with Crippen molar-refractivity contribution in [2.24, 2.45) is 22.7 Å². The lowest BCUT2D eigenvalue weighted by atomic mass is 9.37. The van der Waals surface area contributed by atoms with E-state index in [0.29, 0.717) is 37.1 Å². The highest BCUT2D eigenvalue weighted by molar-refractivity contribution is 5.25. The summed E-state index contributed by atoms with van der Waals surface area (Å²) in [5.74, 6) is 1.17. The molecule has 7 aliphatic rings. The van der Waals surface area contributed by atoms with Gasteiger partial charge in [0.05, 0.1) is 13.2 Å². The number of piperidine rings is 4. The molecule has 0 spiro atoms. The monoisotopic (exact) mass is 252 g/mol. The Morgan fingerprint density at radius 3 is 1.61 bits per heavy atom. The highest BCUT2D eigenvalue weighted by Gasteiger charge is 2.74. The van der Waals surface area contributed by atoms with Gasteiger partial charge in [0.25, 0.3) is 0 Å². The third-order valence-corrected chi connectivity index (χ3v) is 7.06. The standard InChI is InChI=1S/C14H24N2O2/c1-15-5-9-10-6-16(2)12-4-13(10,7-17)11(15)3-14(9,12)8-18/h9-12,17-18H,3-8H2,1-2H3/t9-,10+,11-,12+,13-,14+. The van der Waals surface area contributed by atoms with Crippen LogP contribution in [-0.2, 0) is 0 Å². The van der Waals surface area contributed by atoms with E-state index in [1.165, 1.54) is 0 Å². The summed E-state index contributed by atoms with van der Waals surface area (Å²) in [7, 11) is 4.40. The third kappa shape index (κ3) is 0.974. The van der Waals surface area contributed by atoms with Gasteiger partial charge in [-0.05, 0) is 38.8 Å². The van der Waals surface area contributed by atoms with Crippen LogP contribution in [0.15, 0.2) is 0 Å².